The number of aliphatic hydroxyl groups is 2. The highest BCUT2D eigenvalue weighted by molar-refractivity contribution is 5.90. The maximum Gasteiger partial charge on any atom is 0.239 e. The zero-order valence-corrected chi connectivity index (χ0v) is 24.9. The highest BCUT2D eigenvalue weighted by Gasteiger charge is 2.25. The standard InChI is InChI=1S/C31H40O11/c1-19(8-14-25(32)31(2,3)35)7-13-22-23(40-17-37-5)15-24-26(27(22)33)28(34)30(41-18-38-6)29(42-24)20-9-11-21(12-10-20)39-16-36-4/h7,9-12,15,25,32-33,35H,8,13-14,16-18H2,1-6H3/b19-7+/t25-/m1/s1. The molecule has 0 radical (unpaired) electrons. The highest BCUT2D eigenvalue weighted by Crippen LogP contribution is 2.40. The van der Waals surface area contributed by atoms with E-state index in [0.29, 0.717) is 29.7 Å². The third kappa shape index (κ3) is 8.24. The van der Waals surface area contributed by atoms with Crippen LogP contribution in [0.3, 0.4) is 0 Å². The van der Waals surface area contributed by atoms with Crippen LogP contribution in [0.15, 0.2) is 51.2 Å². The minimum absolute atomic E-state index is 0.0758. The maximum absolute atomic E-state index is 13.8. The van der Waals surface area contributed by atoms with Crippen molar-refractivity contribution in [1.29, 1.82) is 0 Å². The lowest BCUT2D eigenvalue weighted by Gasteiger charge is -2.24. The van der Waals surface area contributed by atoms with Gasteiger partial charge < -0.3 is 48.2 Å². The molecule has 0 saturated heterocycles. The smallest absolute Gasteiger partial charge is 0.239 e. The van der Waals surface area contributed by atoms with Gasteiger partial charge in [0.1, 0.15) is 28.2 Å². The lowest BCUT2D eigenvalue weighted by molar-refractivity contribution is -0.0509. The normalized spacial score (nSPS) is 12.9. The Balaban J connectivity index is 2.09. The first-order chi connectivity index (χ1) is 20.0. The third-order valence-electron chi connectivity index (χ3n) is 6.58. The van der Waals surface area contributed by atoms with Gasteiger partial charge in [0.15, 0.2) is 26.1 Å². The van der Waals surface area contributed by atoms with Crippen molar-refractivity contribution in [1.82, 2.24) is 0 Å². The second-order valence-electron chi connectivity index (χ2n) is 10.3. The molecule has 0 amide bonds. The molecule has 3 aromatic rings. The molecule has 230 valence electrons. The number of hydrogen-bond acceptors (Lipinski definition) is 11. The second-order valence-corrected chi connectivity index (χ2v) is 10.3. The first-order valence-electron chi connectivity index (χ1n) is 13.4. The van der Waals surface area contributed by atoms with Gasteiger partial charge in [0.2, 0.25) is 11.2 Å². The van der Waals surface area contributed by atoms with Gasteiger partial charge in [-0.1, -0.05) is 11.6 Å². The molecular weight excluding hydrogens is 548 g/mol. The molecule has 0 saturated carbocycles. The summed E-state index contributed by atoms with van der Waals surface area (Å²) >= 11 is 0. The van der Waals surface area contributed by atoms with E-state index in [-0.39, 0.29) is 60.8 Å². The molecule has 0 spiro atoms. The van der Waals surface area contributed by atoms with Gasteiger partial charge in [-0.3, -0.25) is 4.79 Å². The topological polar surface area (TPSA) is 146 Å². The van der Waals surface area contributed by atoms with Crippen LogP contribution in [0.2, 0.25) is 0 Å². The molecule has 0 aliphatic carbocycles. The molecule has 0 aliphatic rings. The summed E-state index contributed by atoms with van der Waals surface area (Å²) < 4.78 is 38.1. The number of phenols is 1. The summed E-state index contributed by atoms with van der Waals surface area (Å²) in [5.74, 6) is 0.511. The third-order valence-corrected chi connectivity index (χ3v) is 6.58. The highest BCUT2D eigenvalue weighted by atomic mass is 16.7. The van der Waals surface area contributed by atoms with Crippen LogP contribution in [0.4, 0.5) is 0 Å². The minimum Gasteiger partial charge on any atom is -0.507 e. The minimum atomic E-state index is -1.21. The van der Waals surface area contributed by atoms with E-state index in [1.165, 1.54) is 27.4 Å². The van der Waals surface area contributed by atoms with Crippen LogP contribution in [-0.4, -0.2) is 68.7 Å². The van der Waals surface area contributed by atoms with Crippen LogP contribution >= 0.6 is 0 Å². The van der Waals surface area contributed by atoms with E-state index in [9.17, 15) is 20.1 Å². The average molecular weight is 589 g/mol. The van der Waals surface area contributed by atoms with E-state index < -0.39 is 17.1 Å². The first-order valence-corrected chi connectivity index (χ1v) is 13.4. The van der Waals surface area contributed by atoms with E-state index in [4.69, 9.17) is 32.8 Å². The van der Waals surface area contributed by atoms with Crippen LogP contribution < -0.4 is 19.6 Å². The molecule has 3 N–H and O–H groups in total. The van der Waals surface area contributed by atoms with Gasteiger partial charge in [0.25, 0.3) is 0 Å². The largest absolute Gasteiger partial charge is 0.507 e. The summed E-state index contributed by atoms with van der Waals surface area (Å²) in [6, 6.07) is 8.33. The Labute approximate surface area is 244 Å². The Bertz CT molecular complexity index is 1400. The Morgan fingerprint density at radius 2 is 1.62 bits per heavy atom. The summed E-state index contributed by atoms with van der Waals surface area (Å²) in [6.45, 7) is 4.74. The molecule has 0 unspecified atom stereocenters. The fourth-order valence-corrected chi connectivity index (χ4v) is 4.15. The van der Waals surface area contributed by atoms with Crippen LogP contribution in [0.25, 0.3) is 22.3 Å². The Morgan fingerprint density at radius 1 is 1.00 bits per heavy atom. The molecule has 2 aromatic carbocycles. The molecule has 42 heavy (non-hydrogen) atoms. The predicted molar refractivity (Wildman–Crippen MR) is 156 cm³/mol. The predicted octanol–water partition coefficient (Wildman–Crippen LogP) is 4.51. The maximum atomic E-state index is 13.8. The number of ether oxygens (including phenoxy) is 6. The Kier molecular flexibility index (Phi) is 11.8. The molecule has 1 atom stereocenters. The molecule has 1 aromatic heterocycles. The summed E-state index contributed by atoms with van der Waals surface area (Å²) in [6.07, 6.45) is 2.05. The van der Waals surface area contributed by atoms with E-state index >= 15 is 0 Å². The average Bonchev–Trinajstić information content (AvgIpc) is 2.96. The van der Waals surface area contributed by atoms with Crippen molar-refractivity contribution in [2.75, 3.05) is 41.7 Å². The molecule has 11 nitrogen and oxygen atoms in total. The molecule has 1 heterocycles. The van der Waals surface area contributed by atoms with E-state index in [2.05, 4.69) is 0 Å². The number of aromatic hydroxyl groups is 1. The number of fused-ring (bicyclic) bond motifs is 1. The zero-order chi connectivity index (χ0) is 30.9. The number of aliphatic hydroxyl groups excluding tert-OH is 1. The molecule has 0 bridgehead atoms. The van der Waals surface area contributed by atoms with Crippen molar-refractivity contribution in [3.05, 3.63) is 57.8 Å². The quantitative estimate of drug-likeness (QED) is 0.160. The number of rotatable bonds is 16. The van der Waals surface area contributed by atoms with Crippen LogP contribution in [-0.2, 0) is 20.6 Å². The van der Waals surface area contributed by atoms with Crippen molar-refractivity contribution in [3.8, 4) is 34.3 Å². The van der Waals surface area contributed by atoms with Crippen LogP contribution in [0.1, 0.15) is 39.2 Å². The number of phenolic OH excluding ortho intramolecular Hbond substituents is 1. The molecule has 0 fully saturated rings. The van der Waals surface area contributed by atoms with Gasteiger partial charge in [-0.05, 0) is 64.3 Å². The van der Waals surface area contributed by atoms with Gasteiger partial charge in [0.05, 0.1) is 11.7 Å². The zero-order valence-electron chi connectivity index (χ0n) is 24.9. The lowest BCUT2D eigenvalue weighted by atomic mass is 9.95. The fourth-order valence-electron chi connectivity index (χ4n) is 4.15. The molecule has 11 heteroatoms. The number of methoxy groups -OCH3 is 3. The van der Waals surface area contributed by atoms with Gasteiger partial charge in [-0.15, -0.1) is 0 Å². The van der Waals surface area contributed by atoms with E-state index in [1.807, 2.05) is 13.0 Å². The first kappa shape index (κ1) is 32.9. The lowest BCUT2D eigenvalue weighted by Crippen LogP contribution is -2.35. The summed E-state index contributed by atoms with van der Waals surface area (Å²) in [5.41, 5.74) is 0.0709. The Morgan fingerprint density at radius 3 is 2.24 bits per heavy atom. The summed E-state index contributed by atoms with van der Waals surface area (Å²) in [7, 11) is 4.41. The van der Waals surface area contributed by atoms with Gasteiger partial charge in [0, 0.05) is 38.5 Å². The van der Waals surface area contributed by atoms with Crippen LogP contribution in [0.5, 0.6) is 23.0 Å². The van der Waals surface area contributed by atoms with Crippen molar-refractivity contribution in [3.63, 3.8) is 0 Å². The van der Waals surface area contributed by atoms with Gasteiger partial charge >= 0.3 is 0 Å². The molecular formula is C31H40O11. The van der Waals surface area contributed by atoms with Gasteiger partial charge in [-0.2, -0.15) is 0 Å². The van der Waals surface area contributed by atoms with E-state index in [1.54, 1.807) is 38.1 Å². The van der Waals surface area contributed by atoms with Crippen molar-refractivity contribution >= 4 is 11.0 Å². The number of hydrogen-bond donors (Lipinski definition) is 3. The number of benzene rings is 2. The molecule has 3 rings (SSSR count). The number of allylic oxidation sites excluding steroid dienone is 2. The monoisotopic (exact) mass is 588 g/mol. The summed E-state index contributed by atoms with van der Waals surface area (Å²) in [4.78, 5) is 13.8. The van der Waals surface area contributed by atoms with Gasteiger partial charge in [-0.25, -0.2) is 0 Å². The van der Waals surface area contributed by atoms with Crippen molar-refractivity contribution in [2.45, 2.75) is 51.7 Å². The van der Waals surface area contributed by atoms with Crippen LogP contribution in [0, 0.1) is 0 Å². The SMILES string of the molecule is COCOc1ccc(-c2oc3cc(OCOC)c(C/C=C(\C)CC[C@@H](O)C(C)(C)O)c(O)c3c(=O)c2OCOC)cc1. The van der Waals surface area contributed by atoms with Crippen molar-refractivity contribution in [2.24, 2.45) is 0 Å². The molecule has 0 aliphatic heterocycles. The fraction of sp³-hybridized carbons (Fsp3) is 0.452. The Hall–Kier alpha value is -3.61. The second kappa shape index (κ2) is 15.0. The van der Waals surface area contributed by atoms with E-state index in [0.717, 1.165) is 5.57 Å². The van der Waals surface area contributed by atoms with Crippen molar-refractivity contribution < 1.29 is 48.2 Å². The summed E-state index contributed by atoms with van der Waals surface area (Å²) in [5, 5.41) is 31.5.